The van der Waals surface area contributed by atoms with E-state index in [-0.39, 0.29) is 24.9 Å². The number of aryl methyl sites for hydroxylation is 1. The van der Waals surface area contributed by atoms with Crippen molar-refractivity contribution in [3.63, 3.8) is 0 Å². The first kappa shape index (κ1) is 30.7. The van der Waals surface area contributed by atoms with E-state index >= 15 is 0 Å². The van der Waals surface area contributed by atoms with Crippen molar-refractivity contribution in [2.45, 2.75) is 52.2 Å². The Bertz CT molecular complexity index is 1380. The number of hydrogen-bond donors (Lipinski definition) is 1. The van der Waals surface area contributed by atoms with Crippen molar-refractivity contribution < 1.29 is 22.7 Å². The largest absolute Gasteiger partial charge is 0.497 e. The summed E-state index contributed by atoms with van der Waals surface area (Å²) in [5.41, 5.74) is 2.98. The first-order valence-corrected chi connectivity index (χ1v) is 15.2. The van der Waals surface area contributed by atoms with Crippen LogP contribution in [0.4, 0.5) is 5.69 Å². The number of nitrogens with one attached hydrogen (secondary N) is 1. The summed E-state index contributed by atoms with van der Waals surface area (Å²) in [6.07, 6.45) is 2.06. The van der Waals surface area contributed by atoms with Crippen LogP contribution in [0.2, 0.25) is 0 Å². The quantitative estimate of drug-likeness (QED) is 0.333. The third kappa shape index (κ3) is 8.58. The Morgan fingerprint density at radius 1 is 0.950 bits per heavy atom. The second-order valence-electron chi connectivity index (χ2n) is 10.0. The van der Waals surface area contributed by atoms with Crippen molar-refractivity contribution in [2.24, 2.45) is 0 Å². The Kier molecular flexibility index (Phi) is 10.7. The molecule has 0 aliphatic carbocycles. The predicted octanol–water partition coefficient (Wildman–Crippen LogP) is 4.32. The van der Waals surface area contributed by atoms with Gasteiger partial charge in [0.2, 0.25) is 21.8 Å². The maximum absolute atomic E-state index is 14.1. The molecule has 3 aromatic carbocycles. The lowest BCUT2D eigenvalue weighted by Crippen LogP contribution is -2.54. The van der Waals surface area contributed by atoms with E-state index in [0.29, 0.717) is 11.4 Å². The molecule has 3 rings (SSSR count). The molecule has 8 nitrogen and oxygen atoms in total. The van der Waals surface area contributed by atoms with Gasteiger partial charge in [-0.05, 0) is 55.7 Å². The van der Waals surface area contributed by atoms with Gasteiger partial charge in [-0.2, -0.15) is 0 Å². The minimum absolute atomic E-state index is 0.0902. The van der Waals surface area contributed by atoms with E-state index in [2.05, 4.69) is 5.32 Å². The van der Waals surface area contributed by atoms with Crippen LogP contribution >= 0.6 is 0 Å². The van der Waals surface area contributed by atoms with Gasteiger partial charge >= 0.3 is 0 Å². The molecule has 3 aromatic rings. The number of anilines is 1. The standard InChI is InChI=1S/C31H39N3O5S/c1-6-24(3)32-31(36)29(20-25-11-8-7-9-12-25)33(21-26-13-10-14-28(19-26)39-4)30(35)22-34(40(5,37)38)27-17-15-23(2)16-18-27/h7-19,24,29H,6,20-22H2,1-5H3,(H,32,36)/t24-,29-/m1/s1. The van der Waals surface area contributed by atoms with Gasteiger partial charge in [0, 0.05) is 19.0 Å². The summed E-state index contributed by atoms with van der Waals surface area (Å²) in [6.45, 7) is 5.43. The average Bonchev–Trinajstić information content (AvgIpc) is 2.94. The van der Waals surface area contributed by atoms with Crippen molar-refractivity contribution in [3.05, 3.63) is 95.6 Å². The number of sulfonamides is 1. The zero-order valence-electron chi connectivity index (χ0n) is 23.8. The van der Waals surface area contributed by atoms with Crippen LogP contribution in [-0.2, 0) is 32.6 Å². The van der Waals surface area contributed by atoms with E-state index in [4.69, 9.17) is 4.74 Å². The van der Waals surface area contributed by atoms with E-state index < -0.39 is 28.5 Å². The van der Waals surface area contributed by atoms with Gasteiger partial charge in [0.05, 0.1) is 19.1 Å². The lowest BCUT2D eigenvalue weighted by Gasteiger charge is -2.34. The molecular weight excluding hydrogens is 526 g/mol. The highest BCUT2D eigenvalue weighted by Gasteiger charge is 2.33. The van der Waals surface area contributed by atoms with Crippen molar-refractivity contribution in [1.82, 2.24) is 10.2 Å². The number of benzene rings is 3. The van der Waals surface area contributed by atoms with Gasteiger partial charge in [-0.25, -0.2) is 8.42 Å². The van der Waals surface area contributed by atoms with Gasteiger partial charge in [0.15, 0.2) is 0 Å². The fourth-order valence-electron chi connectivity index (χ4n) is 4.29. The fourth-order valence-corrected chi connectivity index (χ4v) is 5.14. The average molecular weight is 566 g/mol. The maximum atomic E-state index is 14.1. The molecule has 0 aromatic heterocycles. The molecule has 0 bridgehead atoms. The van der Waals surface area contributed by atoms with Crippen LogP contribution in [0.25, 0.3) is 0 Å². The van der Waals surface area contributed by atoms with Crippen molar-refractivity contribution in [1.29, 1.82) is 0 Å². The zero-order valence-corrected chi connectivity index (χ0v) is 24.6. The van der Waals surface area contributed by atoms with Crippen LogP contribution in [0.5, 0.6) is 5.75 Å². The molecule has 0 heterocycles. The fraction of sp³-hybridized carbons (Fsp3) is 0.355. The molecule has 9 heteroatoms. The van der Waals surface area contributed by atoms with E-state index in [0.717, 1.165) is 33.7 Å². The maximum Gasteiger partial charge on any atom is 0.244 e. The molecule has 0 saturated carbocycles. The van der Waals surface area contributed by atoms with Gasteiger partial charge < -0.3 is 15.0 Å². The van der Waals surface area contributed by atoms with Gasteiger partial charge in [-0.3, -0.25) is 13.9 Å². The molecular formula is C31H39N3O5S. The SMILES string of the molecule is CC[C@@H](C)NC(=O)[C@@H](Cc1ccccc1)N(Cc1cccc(OC)c1)C(=O)CN(c1ccc(C)cc1)S(C)(=O)=O. The Morgan fingerprint density at radius 3 is 2.20 bits per heavy atom. The molecule has 0 fully saturated rings. The number of carbonyl (C=O) groups is 2. The normalized spacial score (nSPS) is 12.7. The molecule has 2 atom stereocenters. The monoisotopic (exact) mass is 565 g/mol. The summed E-state index contributed by atoms with van der Waals surface area (Å²) >= 11 is 0. The molecule has 0 saturated heterocycles. The van der Waals surface area contributed by atoms with Crippen LogP contribution in [0, 0.1) is 6.92 Å². The highest BCUT2D eigenvalue weighted by molar-refractivity contribution is 7.92. The number of hydrogen-bond acceptors (Lipinski definition) is 5. The minimum Gasteiger partial charge on any atom is -0.497 e. The first-order valence-electron chi connectivity index (χ1n) is 13.3. The Balaban J connectivity index is 2.06. The van der Waals surface area contributed by atoms with Crippen LogP contribution in [-0.4, -0.2) is 57.1 Å². The Labute approximate surface area is 238 Å². The van der Waals surface area contributed by atoms with Crippen molar-refractivity contribution in [3.8, 4) is 5.75 Å². The topological polar surface area (TPSA) is 96.0 Å². The second-order valence-corrected chi connectivity index (χ2v) is 11.9. The Morgan fingerprint density at radius 2 is 1.60 bits per heavy atom. The molecule has 0 spiro atoms. The molecule has 0 radical (unpaired) electrons. The van der Waals surface area contributed by atoms with E-state index in [1.807, 2.05) is 63.2 Å². The number of nitrogens with zero attached hydrogens (tertiary/aromatic N) is 2. The number of amides is 2. The van der Waals surface area contributed by atoms with Crippen LogP contribution in [0.1, 0.15) is 37.0 Å². The van der Waals surface area contributed by atoms with Gasteiger partial charge in [-0.1, -0.05) is 67.1 Å². The van der Waals surface area contributed by atoms with Crippen LogP contribution in [0.3, 0.4) is 0 Å². The number of carbonyl (C=O) groups excluding carboxylic acids is 2. The smallest absolute Gasteiger partial charge is 0.244 e. The lowest BCUT2D eigenvalue weighted by molar-refractivity contribution is -0.140. The summed E-state index contributed by atoms with van der Waals surface area (Å²) in [4.78, 5) is 29.3. The molecule has 214 valence electrons. The van der Waals surface area contributed by atoms with E-state index in [1.54, 1.807) is 43.5 Å². The number of ether oxygens (including phenoxy) is 1. The van der Waals surface area contributed by atoms with Gasteiger partial charge in [0.1, 0.15) is 18.3 Å². The van der Waals surface area contributed by atoms with Crippen molar-refractivity contribution in [2.75, 3.05) is 24.2 Å². The van der Waals surface area contributed by atoms with Crippen LogP contribution < -0.4 is 14.4 Å². The molecule has 0 aliphatic heterocycles. The zero-order chi connectivity index (χ0) is 29.3. The summed E-state index contributed by atoms with van der Waals surface area (Å²) < 4.78 is 32.2. The molecule has 40 heavy (non-hydrogen) atoms. The minimum atomic E-state index is -3.81. The summed E-state index contributed by atoms with van der Waals surface area (Å²) in [7, 11) is -2.24. The van der Waals surface area contributed by atoms with E-state index in [1.165, 1.54) is 4.90 Å². The van der Waals surface area contributed by atoms with Crippen LogP contribution in [0.15, 0.2) is 78.9 Å². The lowest BCUT2D eigenvalue weighted by atomic mass is 10.0. The molecule has 0 unspecified atom stereocenters. The van der Waals surface area contributed by atoms with Crippen molar-refractivity contribution >= 4 is 27.5 Å². The predicted molar refractivity (Wildman–Crippen MR) is 159 cm³/mol. The summed E-state index contributed by atoms with van der Waals surface area (Å²) in [5, 5.41) is 3.03. The summed E-state index contributed by atoms with van der Waals surface area (Å²) in [5.74, 6) is -0.171. The molecule has 0 aliphatic rings. The molecule has 2 amide bonds. The summed E-state index contributed by atoms with van der Waals surface area (Å²) in [6, 6.07) is 22.7. The number of methoxy groups -OCH3 is 1. The van der Waals surface area contributed by atoms with Gasteiger partial charge in [0.25, 0.3) is 0 Å². The highest BCUT2D eigenvalue weighted by atomic mass is 32.2. The first-order chi connectivity index (χ1) is 19.0. The number of rotatable bonds is 13. The van der Waals surface area contributed by atoms with E-state index in [9.17, 15) is 18.0 Å². The van der Waals surface area contributed by atoms with Gasteiger partial charge in [-0.15, -0.1) is 0 Å². The third-order valence-corrected chi connectivity index (χ3v) is 7.90. The Hall–Kier alpha value is -3.85. The third-order valence-electron chi connectivity index (χ3n) is 6.76. The molecule has 1 N–H and O–H groups in total. The highest BCUT2D eigenvalue weighted by Crippen LogP contribution is 2.22. The second kappa shape index (κ2) is 14.0.